The van der Waals surface area contributed by atoms with Crippen molar-refractivity contribution >= 4 is 0 Å². The Balaban J connectivity index is 3.17. The van der Waals surface area contributed by atoms with Gasteiger partial charge in [-0.15, -0.1) is 0 Å². The fraction of sp³-hybridized carbons (Fsp3) is 0.667. The molecule has 0 aliphatic carbocycles. The van der Waals surface area contributed by atoms with Gasteiger partial charge in [-0.1, -0.05) is 12.2 Å². The Labute approximate surface area is 49.5 Å². The average molecular weight is 116 g/mol. The fourth-order valence-electron chi connectivity index (χ4n) is 0.451. The van der Waals surface area contributed by atoms with Gasteiger partial charge in [-0.2, -0.15) is 0 Å². The molecule has 0 amide bonds. The second-order valence-electron chi connectivity index (χ2n) is 1.61. The molecular weight excluding hydrogens is 104 g/mol. The first-order valence-corrected chi connectivity index (χ1v) is 2.73. The molecule has 0 bridgehead atoms. The molecule has 0 saturated carbocycles. The third-order valence-corrected chi connectivity index (χ3v) is 0.839. The summed E-state index contributed by atoms with van der Waals surface area (Å²) in [5.41, 5.74) is 0. The zero-order chi connectivity index (χ0) is 6.41. The lowest BCUT2D eigenvalue weighted by Gasteiger charge is -1.98. The van der Waals surface area contributed by atoms with Crippen molar-refractivity contribution in [3.05, 3.63) is 12.2 Å². The Bertz CT molecular complexity index is 68.9. The van der Waals surface area contributed by atoms with Crippen LogP contribution in [-0.2, 0) is 0 Å². The minimum Gasteiger partial charge on any atom is -0.396 e. The zero-order valence-corrected chi connectivity index (χ0v) is 5.04. The summed E-state index contributed by atoms with van der Waals surface area (Å²) in [6.07, 6.45) is 3.38. The molecule has 2 heteroatoms. The predicted octanol–water partition coefficient (Wildman–Crippen LogP) is 0.306. The van der Waals surface area contributed by atoms with E-state index in [-0.39, 0.29) is 6.61 Å². The van der Waals surface area contributed by atoms with Crippen molar-refractivity contribution in [1.29, 1.82) is 0 Å². The molecule has 0 aromatic rings. The lowest BCUT2D eigenvalue weighted by molar-refractivity contribution is 0.170. The highest BCUT2D eigenvalue weighted by Crippen LogP contribution is 1.90. The molecule has 0 rings (SSSR count). The Morgan fingerprint density at radius 3 is 2.62 bits per heavy atom. The van der Waals surface area contributed by atoms with E-state index >= 15 is 0 Å². The molecule has 8 heavy (non-hydrogen) atoms. The Hall–Kier alpha value is -0.340. The van der Waals surface area contributed by atoms with Crippen LogP contribution in [-0.4, -0.2) is 22.9 Å². The third-order valence-electron chi connectivity index (χ3n) is 0.839. The first kappa shape index (κ1) is 7.66. The van der Waals surface area contributed by atoms with Gasteiger partial charge in [0.2, 0.25) is 0 Å². The minimum absolute atomic E-state index is 0.0471. The summed E-state index contributed by atoms with van der Waals surface area (Å²) < 4.78 is 0. The van der Waals surface area contributed by atoms with Crippen LogP contribution in [0.2, 0.25) is 0 Å². The molecule has 0 heterocycles. The van der Waals surface area contributed by atoms with Crippen molar-refractivity contribution in [2.45, 2.75) is 19.4 Å². The molecule has 0 unspecified atom stereocenters. The van der Waals surface area contributed by atoms with Crippen LogP contribution in [0.3, 0.4) is 0 Å². The van der Waals surface area contributed by atoms with E-state index in [2.05, 4.69) is 0 Å². The third kappa shape index (κ3) is 3.84. The molecule has 0 aromatic heterocycles. The van der Waals surface area contributed by atoms with Gasteiger partial charge < -0.3 is 10.2 Å². The van der Waals surface area contributed by atoms with Gasteiger partial charge in [0.25, 0.3) is 0 Å². The van der Waals surface area contributed by atoms with E-state index in [0.29, 0.717) is 6.42 Å². The quantitative estimate of drug-likeness (QED) is 0.521. The molecule has 0 saturated heterocycles. The minimum atomic E-state index is -0.468. The van der Waals surface area contributed by atoms with Gasteiger partial charge >= 0.3 is 0 Å². The lowest BCUT2D eigenvalue weighted by Crippen LogP contribution is -2.03. The predicted molar refractivity (Wildman–Crippen MR) is 32.5 cm³/mol. The average Bonchev–Trinajstić information content (AvgIpc) is 1.68. The summed E-state index contributed by atoms with van der Waals surface area (Å²) in [5.74, 6) is 0. The molecule has 0 radical (unpaired) electrons. The van der Waals surface area contributed by atoms with Crippen LogP contribution in [0.1, 0.15) is 13.3 Å². The van der Waals surface area contributed by atoms with Gasteiger partial charge in [0.15, 0.2) is 0 Å². The van der Waals surface area contributed by atoms with Gasteiger partial charge in [0.1, 0.15) is 0 Å². The molecule has 48 valence electrons. The molecule has 2 N–H and O–H groups in total. The van der Waals surface area contributed by atoms with E-state index in [1.807, 2.05) is 6.92 Å². The van der Waals surface area contributed by atoms with Crippen LogP contribution in [0, 0.1) is 0 Å². The number of aliphatic hydroxyl groups is 2. The molecule has 0 fully saturated rings. The van der Waals surface area contributed by atoms with Crippen molar-refractivity contribution in [2.24, 2.45) is 0 Å². The smallest absolute Gasteiger partial charge is 0.0742 e. The summed E-state index contributed by atoms with van der Waals surface area (Å²) in [4.78, 5) is 0. The number of allylic oxidation sites excluding steroid dienone is 1. The molecule has 1 atom stereocenters. The zero-order valence-electron chi connectivity index (χ0n) is 5.04. The fourth-order valence-corrected chi connectivity index (χ4v) is 0.451. The Morgan fingerprint density at radius 2 is 2.25 bits per heavy atom. The summed E-state index contributed by atoms with van der Waals surface area (Å²) >= 11 is 0. The highest BCUT2D eigenvalue weighted by atomic mass is 16.3. The number of rotatable bonds is 3. The second kappa shape index (κ2) is 4.81. The lowest BCUT2D eigenvalue weighted by atomic mass is 10.2. The maximum Gasteiger partial charge on any atom is 0.0742 e. The highest BCUT2D eigenvalue weighted by molar-refractivity contribution is 4.84. The van der Waals surface area contributed by atoms with Gasteiger partial charge in [-0.25, -0.2) is 0 Å². The van der Waals surface area contributed by atoms with Gasteiger partial charge in [0.05, 0.1) is 6.10 Å². The SMILES string of the molecule is C/C=C/[C@@H](O)CCO. The van der Waals surface area contributed by atoms with Crippen LogP contribution < -0.4 is 0 Å². The van der Waals surface area contributed by atoms with Crippen molar-refractivity contribution < 1.29 is 10.2 Å². The number of aliphatic hydroxyl groups excluding tert-OH is 2. The summed E-state index contributed by atoms with van der Waals surface area (Å²) in [5, 5.41) is 17.1. The molecule has 0 spiro atoms. The van der Waals surface area contributed by atoms with E-state index in [1.54, 1.807) is 12.2 Å². The van der Waals surface area contributed by atoms with Crippen LogP contribution >= 0.6 is 0 Å². The molecule has 2 nitrogen and oxygen atoms in total. The summed E-state index contributed by atoms with van der Waals surface area (Å²) in [6.45, 7) is 1.88. The Kier molecular flexibility index (Phi) is 4.61. The van der Waals surface area contributed by atoms with Crippen LogP contribution in [0.25, 0.3) is 0 Å². The van der Waals surface area contributed by atoms with Crippen molar-refractivity contribution in [2.75, 3.05) is 6.61 Å². The van der Waals surface area contributed by atoms with Crippen molar-refractivity contribution in [3.8, 4) is 0 Å². The topological polar surface area (TPSA) is 40.5 Å². The first-order chi connectivity index (χ1) is 3.81. The second-order valence-corrected chi connectivity index (χ2v) is 1.61. The van der Waals surface area contributed by atoms with E-state index in [1.165, 1.54) is 0 Å². The number of hydrogen-bond donors (Lipinski definition) is 2. The van der Waals surface area contributed by atoms with Crippen molar-refractivity contribution in [1.82, 2.24) is 0 Å². The molecular formula is C6H12O2. The van der Waals surface area contributed by atoms with Gasteiger partial charge in [-0.05, 0) is 13.3 Å². The molecule has 0 aromatic carbocycles. The largest absolute Gasteiger partial charge is 0.396 e. The van der Waals surface area contributed by atoms with E-state index in [0.717, 1.165) is 0 Å². The molecule has 0 aliphatic heterocycles. The standard InChI is InChI=1S/C6H12O2/c1-2-3-6(8)4-5-7/h2-3,6-8H,4-5H2,1H3/b3-2+/t6-/m1/s1. The maximum absolute atomic E-state index is 8.80. The van der Waals surface area contributed by atoms with Crippen LogP contribution in [0.5, 0.6) is 0 Å². The van der Waals surface area contributed by atoms with Gasteiger partial charge in [-0.3, -0.25) is 0 Å². The maximum atomic E-state index is 8.80. The monoisotopic (exact) mass is 116 g/mol. The van der Waals surface area contributed by atoms with E-state index < -0.39 is 6.10 Å². The molecule has 0 aliphatic rings. The highest BCUT2D eigenvalue weighted by Gasteiger charge is 1.93. The first-order valence-electron chi connectivity index (χ1n) is 2.73. The van der Waals surface area contributed by atoms with Crippen molar-refractivity contribution in [3.63, 3.8) is 0 Å². The van der Waals surface area contributed by atoms with E-state index in [9.17, 15) is 0 Å². The van der Waals surface area contributed by atoms with Crippen LogP contribution in [0.4, 0.5) is 0 Å². The van der Waals surface area contributed by atoms with E-state index in [4.69, 9.17) is 10.2 Å². The number of hydrogen-bond acceptors (Lipinski definition) is 2. The Morgan fingerprint density at radius 1 is 1.62 bits per heavy atom. The summed E-state index contributed by atoms with van der Waals surface area (Å²) in [7, 11) is 0. The summed E-state index contributed by atoms with van der Waals surface area (Å²) in [6, 6.07) is 0. The van der Waals surface area contributed by atoms with Gasteiger partial charge in [0, 0.05) is 6.61 Å². The van der Waals surface area contributed by atoms with Crippen LogP contribution in [0.15, 0.2) is 12.2 Å². The normalized spacial score (nSPS) is 14.9.